The van der Waals surface area contributed by atoms with Gasteiger partial charge in [-0.2, -0.15) is 0 Å². The second kappa shape index (κ2) is 6.05. The van der Waals surface area contributed by atoms with E-state index in [2.05, 4.69) is 10.3 Å². The van der Waals surface area contributed by atoms with Gasteiger partial charge in [0.05, 0.1) is 17.2 Å². The summed E-state index contributed by atoms with van der Waals surface area (Å²) >= 11 is 5.88. The molecule has 0 bridgehead atoms. The Hall–Kier alpha value is -1.88. The van der Waals surface area contributed by atoms with Crippen LogP contribution in [0.3, 0.4) is 0 Å². The zero-order valence-corrected chi connectivity index (χ0v) is 12.1. The number of aromatic nitrogens is 2. The molecule has 0 aliphatic carbocycles. The van der Waals surface area contributed by atoms with Crippen LogP contribution in [0.1, 0.15) is 13.8 Å². The van der Waals surface area contributed by atoms with Crippen LogP contribution >= 0.6 is 11.6 Å². The SMILES string of the molecule is CC(C)CNC(=O)Cn1cnc2ccc(Cl)cc2c1=O. The zero-order valence-electron chi connectivity index (χ0n) is 11.4. The predicted octanol–water partition coefficient (Wildman–Crippen LogP) is 1.82. The molecule has 0 radical (unpaired) electrons. The maximum absolute atomic E-state index is 12.2. The van der Waals surface area contributed by atoms with E-state index >= 15 is 0 Å². The highest BCUT2D eigenvalue weighted by atomic mass is 35.5. The zero-order chi connectivity index (χ0) is 14.7. The van der Waals surface area contributed by atoms with E-state index in [9.17, 15) is 9.59 Å². The molecule has 0 saturated carbocycles. The minimum absolute atomic E-state index is 0.0407. The summed E-state index contributed by atoms with van der Waals surface area (Å²) in [6, 6.07) is 4.92. The minimum atomic E-state index is -0.266. The molecule has 0 fully saturated rings. The first kappa shape index (κ1) is 14.5. The van der Waals surface area contributed by atoms with Crippen LogP contribution in [-0.2, 0) is 11.3 Å². The number of fused-ring (bicyclic) bond motifs is 1. The van der Waals surface area contributed by atoms with Gasteiger partial charge in [-0.1, -0.05) is 25.4 Å². The fourth-order valence-corrected chi connectivity index (χ4v) is 1.94. The van der Waals surface area contributed by atoms with Crippen molar-refractivity contribution in [2.45, 2.75) is 20.4 Å². The Labute approximate surface area is 121 Å². The molecule has 5 nitrogen and oxygen atoms in total. The van der Waals surface area contributed by atoms with Crippen molar-refractivity contribution in [1.82, 2.24) is 14.9 Å². The predicted molar refractivity (Wildman–Crippen MR) is 78.9 cm³/mol. The van der Waals surface area contributed by atoms with E-state index < -0.39 is 0 Å². The third kappa shape index (κ3) is 3.36. The van der Waals surface area contributed by atoms with Gasteiger partial charge in [-0.25, -0.2) is 4.98 Å². The molecule has 1 N–H and O–H groups in total. The third-order valence-electron chi connectivity index (χ3n) is 2.81. The molecule has 0 unspecified atom stereocenters. The van der Waals surface area contributed by atoms with Gasteiger partial charge in [0.2, 0.25) is 5.91 Å². The molecule has 2 rings (SSSR count). The molecule has 1 heterocycles. The fourth-order valence-electron chi connectivity index (χ4n) is 1.77. The summed E-state index contributed by atoms with van der Waals surface area (Å²) in [6.45, 7) is 4.56. The van der Waals surface area contributed by atoms with E-state index in [1.54, 1.807) is 18.2 Å². The fraction of sp³-hybridized carbons (Fsp3) is 0.357. The molecule has 0 aliphatic heterocycles. The topological polar surface area (TPSA) is 64.0 Å². The number of hydrogen-bond donors (Lipinski definition) is 1. The van der Waals surface area contributed by atoms with Gasteiger partial charge in [0.15, 0.2) is 0 Å². The Morgan fingerprint density at radius 2 is 2.20 bits per heavy atom. The van der Waals surface area contributed by atoms with E-state index in [4.69, 9.17) is 11.6 Å². The second-order valence-electron chi connectivity index (χ2n) is 5.04. The average molecular weight is 294 g/mol. The van der Waals surface area contributed by atoms with Crippen LogP contribution in [0.2, 0.25) is 5.02 Å². The first-order chi connectivity index (χ1) is 9.47. The summed E-state index contributed by atoms with van der Waals surface area (Å²) in [6.07, 6.45) is 1.38. The highest BCUT2D eigenvalue weighted by molar-refractivity contribution is 6.31. The number of rotatable bonds is 4. The molecule has 0 atom stereocenters. The Balaban J connectivity index is 2.25. The van der Waals surface area contributed by atoms with E-state index in [1.807, 2.05) is 13.8 Å². The molecule has 0 spiro atoms. The number of hydrogen-bond acceptors (Lipinski definition) is 3. The normalized spacial score (nSPS) is 11.0. The van der Waals surface area contributed by atoms with Crippen molar-refractivity contribution in [3.8, 4) is 0 Å². The monoisotopic (exact) mass is 293 g/mol. The molecule has 0 saturated heterocycles. The standard InChI is InChI=1S/C14H16ClN3O2/c1-9(2)6-16-13(19)7-18-8-17-12-4-3-10(15)5-11(12)14(18)20/h3-5,8-9H,6-7H2,1-2H3,(H,16,19). The summed E-state index contributed by atoms with van der Waals surface area (Å²) < 4.78 is 1.29. The number of nitrogens with one attached hydrogen (secondary N) is 1. The van der Waals surface area contributed by atoms with Gasteiger partial charge < -0.3 is 5.32 Å². The molecule has 6 heteroatoms. The maximum atomic E-state index is 12.2. The summed E-state index contributed by atoms with van der Waals surface area (Å²) in [7, 11) is 0. The lowest BCUT2D eigenvalue weighted by Gasteiger charge is -2.09. The molecule has 2 aromatic rings. The largest absolute Gasteiger partial charge is 0.354 e. The number of nitrogens with zero attached hydrogens (tertiary/aromatic N) is 2. The van der Waals surface area contributed by atoms with Crippen molar-refractivity contribution in [2.75, 3.05) is 6.54 Å². The van der Waals surface area contributed by atoms with Gasteiger partial charge in [0, 0.05) is 11.6 Å². The lowest BCUT2D eigenvalue weighted by Crippen LogP contribution is -2.34. The van der Waals surface area contributed by atoms with Crippen molar-refractivity contribution < 1.29 is 4.79 Å². The molecule has 20 heavy (non-hydrogen) atoms. The Morgan fingerprint density at radius 1 is 1.45 bits per heavy atom. The molecular weight excluding hydrogens is 278 g/mol. The molecule has 1 amide bonds. The van der Waals surface area contributed by atoms with E-state index in [0.29, 0.717) is 28.4 Å². The van der Waals surface area contributed by atoms with Crippen LogP contribution in [-0.4, -0.2) is 22.0 Å². The second-order valence-corrected chi connectivity index (χ2v) is 5.47. The Bertz CT molecular complexity index is 694. The van der Waals surface area contributed by atoms with Gasteiger partial charge in [-0.05, 0) is 24.1 Å². The first-order valence-electron chi connectivity index (χ1n) is 6.39. The van der Waals surface area contributed by atoms with Gasteiger partial charge in [-0.3, -0.25) is 14.2 Å². The van der Waals surface area contributed by atoms with Crippen molar-refractivity contribution in [3.63, 3.8) is 0 Å². The van der Waals surface area contributed by atoms with Crippen molar-refractivity contribution in [3.05, 3.63) is 39.9 Å². The lowest BCUT2D eigenvalue weighted by atomic mass is 10.2. The van der Waals surface area contributed by atoms with Crippen molar-refractivity contribution in [1.29, 1.82) is 0 Å². The van der Waals surface area contributed by atoms with Crippen LogP contribution in [0.5, 0.6) is 0 Å². The number of carbonyl (C=O) groups is 1. The van der Waals surface area contributed by atoms with Crippen molar-refractivity contribution >= 4 is 28.4 Å². The van der Waals surface area contributed by atoms with Crippen LogP contribution < -0.4 is 10.9 Å². The molecule has 106 valence electrons. The Kier molecular flexibility index (Phi) is 4.39. The van der Waals surface area contributed by atoms with Gasteiger partial charge in [0.1, 0.15) is 6.54 Å². The van der Waals surface area contributed by atoms with E-state index in [0.717, 1.165) is 0 Å². The van der Waals surface area contributed by atoms with Crippen LogP contribution in [0.4, 0.5) is 0 Å². The Morgan fingerprint density at radius 3 is 2.90 bits per heavy atom. The lowest BCUT2D eigenvalue weighted by molar-refractivity contribution is -0.121. The minimum Gasteiger partial charge on any atom is -0.354 e. The maximum Gasteiger partial charge on any atom is 0.261 e. The summed E-state index contributed by atoms with van der Waals surface area (Å²) in [5, 5.41) is 3.65. The summed E-state index contributed by atoms with van der Waals surface area (Å²) in [5.74, 6) is 0.160. The quantitative estimate of drug-likeness (QED) is 0.935. The number of halogens is 1. The van der Waals surface area contributed by atoms with Gasteiger partial charge in [0.25, 0.3) is 5.56 Å². The first-order valence-corrected chi connectivity index (χ1v) is 6.76. The molecule has 1 aromatic heterocycles. The van der Waals surface area contributed by atoms with E-state index in [1.165, 1.54) is 10.9 Å². The molecular formula is C14H16ClN3O2. The average Bonchev–Trinajstić information content (AvgIpc) is 2.40. The number of carbonyl (C=O) groups excluding carboxylic acids is 1. The van der Waals surface area contributed by atoms with E-state index in [-0.39, 0.29) is 18.0 Å². The number of amides is 1. The summed E-state index contributed by atoms with van der Waals surface area (Å²) in [4.78, 5) is 28.1. The van der Waals surface area contributed by atoms with Crippen LogP contribution in [0.15, 0.2) is 29.3 Å². The van der Waals surface area contributed by atoms with Gasteiger partial charge >= 0.3 is 0 Å². The third-order valence-corrected chi connectivity index (χ3v) is 3.04. The van der Waals surface area contributed by atoms with Crippen LogP contribution in [0, 0.1) is 5.92 Å². The smallest absolute Gasteiger partial charge is 0.261 e. The number of benzene rings is 1. The highest BCUT2D eigenvalue weighted by Crippen LogP contribution is 2.13. The van der Waals surface area contributed by atoms with Crippen LogP contribution in [0.25, 0.3) is 10.9 Å². The summed E-state index contributed by atoms with van der Waals surface area (Å²) in [5.41, 5.74) is 0.301. The molecule has 0 aliphatic rings. The van der Waals surface area contributed by atoms with Gasteiger partial charge in [-0.15, -0.1) is 0 Å². The van der Waals surface area contributed by atoms with Crippen molar-refractivity contribution in [2.24, 2.45) is 5.92 Å². The highest BCUT2D eigenvalue weighted by Gasteiger charge is 2.08. The molecule has 1 aromatic carbocycles.